The summed E-state index contributed by atoms with van der Waals surface area (Å²) < 4.78 is 2.20. The van der Waals surface area contributed by atoms with Crippen LogP contribution >= 0.6 is 24.0 Å². The quantitative estimate of drug-likeness (QED) is 0.299. The zero-order valence-electron chi connectivity index (χ0n) is 15.4. The van der Waals surface area contributed by atoms with E-state index in [2.05, 4.69) is 63.4 Å². The van der Waals surface area contributed by atoms with Gasteiger partial charge in [-0.15, -0.1) is 24.0 Å². The second kappa shape index (κ2) is 8.14. The van der Waals surface area contributed by atoms with Crippen molar-refractivity contribution in [3.8, 4) is 11.4 Å². The number of benzene rings is 3. The van der Waals surface area contributed by atoms with E-state index < -0.39 is 0 Å². The maximum Gasteiger partial charge on any atom is 0.139 e. The molecule has 0 spiro atoms. The van der Waals surface area contributed by atoms with Gasteiger partial charge in [0, 0.05) is 47.7 Å². The van der Waals surface area contributed by atoms with E-state index in [1.54, 1.807) is 0 Å². The minimum absolute atomic E-state index is 0. The molecule has 0 aliphatic carbocycles. The van der Waals surface area contributed by atoms with E-state index in [1.165, 1.54) is 16.3 Å². The molecule has 0 atom stereocenters. The molecule has 5 rings (SSSR count). The molecule has 1 aliphatic rings. The Hall–Kier alpha value is -2.67. The summed E-state index contributed by atoms with van der Waals surface area (Å²) in [6.45, 7) is 1.68. The van der Waals surface area contributed by atoms with Gasteiger partial charge in [0.1, 0.15) is 11.7 Å². The molecule has 1 aromatic heterocycles. The molecule has 28 heavy (non-hydrogen) atoms. The van der Waals surface area contributed by atoms with Gasteiger partial charge in [0.25, 0.3) is 0 Å². The highest BCUT2D eigenvalue weighted by atomic mass is 127. The Morgan fingerprint density at radius 1 is 0.929 bits per heavy atom. The number of hydrogen-bond donors (Lipinski definition) is 1. The number of rotatable bonds is 5. The largest absolute Gasteiger partial charge is 0.339 e. The van der Waals surface area contributed by atoms with Crippen molar-refractivity contribution in [1.82, 2.24) is 9.55 Å². The second-order valence-corrected chi connectivity index (χ2v) is 6.73. The molecule has 0 amide bonds. The van der Waals surface area contributed by atoms with Crippen molar-refractivity contribution >= 4 is 46.3 Å². The Labute approximate surface area is 181 Å². The minimum Gasteiger partial charge on any atom is -0.339 e. The highest BCUT2D eigenvalue weighted by Gasteiger charge is 2.18. The second-order valence-electron chi connectivity index (χ2n) is 6.73. The number of nitrogens with one attached hydrogen (secondary N) is 1. The summed E-state index contributed by atoms with van der Waals surface area (Å²) in [6.07, 6.45) is 4.87. The molecule has 2 heterocycles. The number of imidazole rings is 1. The van der Waals surface area contributed by atoms with Crippen LogP contribution in [0.25, 0.3) is 22.2 Å². The lowest BCUT2D eigenvalue weighted by Gasteiger charge is -2.07. The molecule has 0 unspecified atom stereocenters. The van der Waals surface area contributed by atoms with Gasteiger partial charge in [-0.3, -0.25) is 4.99 Å². The van der Waals surface area contributed by atoms with Crippen LogP contribution in [0.5, 0.6) is 0 Å². The molecule has 0 bridgehead atoms. The number of aliphatic imine (C=N–C) groups is 1. The lowest BCUT2D eigenvalue weighted by Crippen LogP contribution is -2.09. The maximum atomic E-state index is 4.84. The van der Waals surface area contributed by atoms with Crippen LogP contribution in [-0.4, -0.2) is 21.9 Å². The number of aryl methyl sites for hydroxylation is 1. The number of nitrogens with zero attached hydrogens (tertiary/aromatic N) is 3. The number of halogens is 1. The van der Waals surface area contributed by atoms with Crippen molar-refractivity contribution in [1.29, 1.82) is 0 Å². The lowest BCUT2D eigenvalue weighted by molar-refractivity contribution is 0.657. The Balaban J connectivity index is 0.00000192. The first-order valence-corrected chi connectivity index (χ1v) is 9.30. The van der Waals surface area contributed by atoms with Crippen molar-refractivity contribution in [2.24, 2.45) is 4.99 Å². The predicted octanol–water partition coefficient (Wildman–Crippen LogP) is 5.58. The van der Waals surface area contributed by atoms with Crippen molar-refractivity contribution in [2.75, 3.05) is 11.9 Å². The number of aromatic nitrogens is 2. The van der Waals surface area contributed by atoms with E-state index in [0.29, 0.717) is 0 Å². The Morgan fingerprint density at radius 3 is 2.61 bits per heavy atom. The van der Waals surface area contributed by atoms with E-state index in [4.69, 9.17) is 4.99 Å². The fraction of sp³-hybridized carbons (Fsp3) is 0.130. The maximum absolute atomic E-state index is 4.84. The van der Waals surface area contributed by atoms with Gasteiger partial charge in [-0.25, -0.2) is 4.98 Å². The molecule has 0 saturated carbocycles. The monoisotopic (exact) mass is 480 g/mol. The van der Waals surface area contributed by atoms with Gasteiger partial charge in [0.05, 0.1) is 0 Å². The fourth-order valence-electron chi connectivity index (χ4n) is 3.73. The van der Waals surface area contributed by atoms with Gasteiger partial charge < -0.3 is 9.88 Å². The summed E-state index contributed by atoms with van der Waals surface area (Å²) in [6, 6.07) is 23.1. The van der Waals surface area contributed by atoms with Gasteiger partial charge >= 0.3 is 0 Å². The summed E-state index contributed by atoms with van der Waals surface area (Å²) >= 11 is 0. The molecule has 1 aliphatic heterocycles. The summed E-state index contributed by atoms with van der Waals surface area (Å²) in [5.74, 6) is 2.00. The fourth-order valence-corrected chi connectivity index (χ4v) is 3.73. The van der Waals surface area contributed by atoms with Crippen LogP contribution in [0.3, 0.4) is 0 Å². The van der Waals surface area contributed by atoms with Crippen LogP contribution in [0.1, 0.15) is 12.0 Å². The van der Waals surface area contributed by atoms with E-state index in [-0.39, 0.29) is 24.0 Å². The Kier molecular flexibility index (Phi) is 5.43. The van der Waals surface area contributed by atoms with Crippen molar-refractivity contribution < 1.29 is 0 Å². The van der Waals surface area contributed by atoms with Gasteiger partial charge in [-0.1, -0.05) is 60.7 Å². The van der Waals surface area contributed by atoms with Gasteiger partial charge in [0.15, 0.2) is 0 Å². The SMILES string of the molecule is I.c1ccc(-c2nccn2CCCN=C2Nc3cccc4cccc2c34)cc1. The molecule has 0 fully saturated rings. The van der Waals surface area contributed by atoms with Crippen LogP contribution in [-0.2, 0) is 6.54 Å². The molecule has 140 valence electrons. The third kappa shape index (κ3) is 3.42. The van der Waals surface area contributed by atoms with E-state index in [1.807, 2.05) is 30.6 Å². The first-order valence-electron chi connectivity index (χ1n) is 9.30. The molecule has 1 N–H and O–H groups in total. The zero-order chi connectivity index (χ0) is 18.1. The summed E-state index contributed by atoms with van der Waals surface area (Å²) in [5.41, 5.74) is 3.51. The summed E-state index contributed by atoms with van der Waals surface area (Å²) in [4.78, 5) is 9.35. The molecule has 4 nitrogen and oxygen atoms in total. The van der Waals surface area contributed by atoms with Crippen LogP contribution in [0.2, 0.25) is 0 Å². The summed E-state index contributed by atoms with van der Waals surface area (Å²) in [7, 11) is 0. The third-order valence-electron chi connectivity index (χ3n) is 4.99. The molecule has 4 aromatic rings. The van der Waals surface area contributed by atoms with Crippen LogP contribution in [0.15, 0.2) is 84.1 Å². The zero-order valence-corrected chi connectivity index (χ0v) is 17.7. The molecular weight excluding hydrogens is 459 g/mol. The van der Waals surface area contributed by atoms with Gasteiger partial charge in [0.2, 0.25) is 0 Å². The van der Waals surface area contributed by atoms with Gasteiger partial charge in [-0.2, -0.15) is 0 Å². The van der Waals surface area contributed by atoms with Crippen molar-refractivity contribution in [2.45, 2.75) is 13.0 Å². The molecule has 0 saturated heterocycles. The average Bonchev–Trinajstić information content (AvgIpc) is 3.33. The molecule has 3 aromatic carbocycles. The smallest absolute Gasteiger partial charge is 0.139 e. The first-order chi connectivity index (χ1) is 13.4. The number of anilines is 1. The highest BCUT2D eigenvalue weighted by molar-refractivity contribution is 14.0. The van der Waals surface area contributed by atoms with E-state index in [9.17, 15) is 0 Å². The van der Waals surface area contributed by atoms with Crippen molar-refractivity contribution in [3.05, 3.63) is 84.7 Å². The van der Waals surface area contributed by atoms with Gasteiger partial charge in [-0.05, 0) is 17.9 Å². The highest BCUT2D eigenvalue weighted by Crippen LogP contribution is 2.32. The standard InChI is InChI=1S/C23H20N4.HI/c1-2-7-18(8-3-1)23-25-14-16-27(23)15-6-13-24-22-19-11-4-9-17-10-5-12-20(26-22)21(17)19;/h1-5,7-12,14,16H,6,13,15H2,(H,24,26);1H. The third-order valence-corrected chi connectivity index (χ3v) is 4.99. The predicted molar refractivity (Wildman–Crippen MR) is 127 cm³/mol. The van der Waals surface area contributed by atoms with Crippen LogP contribution in [0.4, 0.5) is 5.69 Å². The molecular formula is C23H21IN4. The molecule has 0 radical (unpaired) electrons. The first kappa shape index (κ1) is 18.7. The minimum atomic E-state index is 0. The van der Waals surface area contributed by atoms with E-state index >= 15 is 0 Å². The molecule has 5 heteroatoms. The lowest BCUT2D eigenvalue weighted by atomic mass is 10.1. The average molecular weight is 480 g/mol. The Bertz CT molecular complexity index is 1130. The topological polar surface area (TPSA) is 42.2 Å². The summed E-state index contributed by atoms with van der Waals surface area (Å²) in [5, 5.41) is 6.01. The normalized spacial score (nSPS) is 13.5. The van der Waals surface area contributed by atoms with Crippen molar-refractivity contribution in [3.63, 3.8) is 0 Å². The van der Waals surface area contributed by atoms with Crippen LogP contribution in [0, 0.1) is 0 Å². The van der Waals surface area contributed by atoms with E-state index in [0.717, 1.165) is 42.4 Å². The van der Waals surface area contributed by atoms with Crippen LogP contribution < -0.4 is 5.32 Å². The number of amidine groups is 1. The Morgan fingerprint density at radius 2 is 1.75 bits per heavy atom. The number of hydrogen-bond acceptors (Lipinski definition) is 2.